The summed E-state index contributed by atoms with van der Waals surface area (Å²) in [5.74, 6) is 0.639. The number of nitrogen functional groups attached to an aromatic ring is 1. The Balaban J connectivity index is 2.77. The van der Waals surface area contributed by atoms with Crippen LogP contribution in [0.25, 0.3) is 10.8 Å². The van der Waals surface area contributed by atoms with E-state index in [1.54, 1.807) is 0 Å². The van der Waals surface area contributed by atoms with E-state index in [1.807, 2.05) is 0 Å². The van der Waals surface area contributed by atoms with Crippen LogP contribution in [0.15, 0.2) is 30.3 Å². The van der Waals surface area contributed by atoms with Crippen LogP contribution in [0.4, 0.5) is 5.69 Å². The molecule has 0 atom stereocenters. The van der Waals surface area contributed by atoms with Crippen LogP contribution in [0.3, 0.4) is 0 Å². The van der Waals surface area contributed by atoms with Crippen molar-refractivity contribution in [1.82, 2.24) is 0 Å². The Bertz CT molecular complexity index is 524. The molecule has 0 heterocycles. The van der Waals surface area contributed by atoms with E-state index < -0.39 is 0 Å². The van der Waals surface area contributed by atoms with E-state index >= 15 is 0 Å². The topological polar surface area (TPSA) is 26.0 Å². The Morgan fingerprint density at radius 1 is 1.06 bits per heavy atom. The molecule has 2 N–H and O–H groups in total. The molecule has 0 saturated heterocycles. The monoisotopic (exact) mass is 227 g/mol. The average molecular weight is 227 g/mol. The van der Waals surface area contributed by atoms with Gasteiger partial charge in [-0.2, -0.15) is 0 Å². The molecule has 0 aliphatic rings. The molecule has 2 rings (SSSR count). The minimum Gasteiger partial charge on any atom is -0.398 e. The van der Waals surface area contributed by atoms with Crippen molar-refractivity contribution >= 4 is 16.5 Å². The van der Waals surface area contributed by atoms with Gasteiger partial charge in [0, 0.05) is 11.1 Å². The molecule has 0 aliphatic carbocycles. The van der Waals surface area contributed by atoms with Crippen LogP contribution < -0.4 is 5.73 Å². The second-order valence-electron chi connectivity index (χ2n) is 4.76. The fourth-order valence-electron chi connectivity index (χ4n) is 2.81. The lowest BCUT2D eigenvalue weighted by Gasteiger charge is -2.19. The van der Waals surface area contributed by atoms with Gasteiger partial charge in [-0.25, -0.2) is 0 Å². The van der Waals surface area contributed by atoms with E-state index in [-0.39, 0.29) is 0 Å². The zero-order chi connectivity index (χ0) is 12.4. The molecule has 1 heteroatoms. The minimum atomic E-state index is 0.639. The van der Waals surface area contributed by atoms with E-state index in [0.29, 0.717) is 5.92 Å². The van der Waals surface area contributed by atoms with Crippen LogP contribution in [0.2, 0.25) is 0 Å². The summed E-state index contributed by atoms with van der Waals surface area (Å²) in [6, 6.07) is 10.6. The van der Waals surface area contributed by atoms with Gasteiger partial charge in [-0.3, -0.25) is 0 Å². The normalized spacial score (nSPS) is 11.3. The molecule has 0 amide bonds. The third kappa shape index (κ3) is 2.02. The first-order chi connectivity index (χ1) is 8.19. The fraction of sp³-hybridized carbons (Fsp3) is 0.375. The molecule has 1 nitrogen and oxygen atoms in total. The third-order valence-corrected chi connectivity index (χ3v) is 3.72. The fourth-order valence-corrected chi connectivity index (χ4v) is 2.81. The first kappa shape index (κ1) is 12.0. The van der Waals surface area contributed by atoms with Crippen molar-refractivity contribution in [1.29, 1.82) is 0 Å². The summed E-state index contributed by atoms with van der Waals surface area (Å²) in [5, 5.41) is 2.53. The molecule has 0 aliphatic heterocycles. The highest BCUT2D eigenvalue weighted by Gasteiger charge is 2.14. The van der Waals surface area contributed by atoms with Crippen LogP contribution >= 0.6 is 0 Å². The molecular weight excluding hydrogens is 206 g/mol. The smallest absolute Gasteiger partial charge is 0.0396 e. The SMILES string of the molecule is CCC(CC)c1c(C)cc(N)c2ccccc12. The summed E-state index contributed by atoms with van der Waals surface area (Å²) in [6.07, 6.45) is 2.37. The van der Waals surface area contributed by atoms with Crippen LogP contribution in [0.5, 0.6) is 0 Å². The summed E-state index contributed by atoms with van der Waals surface area (Å²) in [7, 11) is 0. The van der Waals surface area contributed by atoms with Gasteiger partial charge >= 0.3 is 0 Å². The first-order valence-corrected chi connectivity index (χ1v) is 6.46. The highest BCUT2D eigenvalue weighted by Crippen LogP contribution is 2.35. The summed E-state index contributed by atoms with van der Waals surface area (Å²) >= 11 is 0. The maximum atomic E-state index is 6.11. The van der Waals surface area contributed by atoms with Gasteiger partial charge in [0.05, 0.1) is 0 Å². The van der Waals surface area contributed by atoms with E-state index in [1.165, 1.54) is 34.7 Å². The average Bonchev–Trinajstić information content (AvgIpc) is 2.34. The van der Waals surface area contributed by atoms with Gasteiger partial charge in [0.1, 0.15) is 0 Å². The molecule has 0 aromatic heterocycles. The number of hydrogen-bond donors (Lipinski definition) is 1. The molecule has 0 bridgehead atoms. The van der Waals surface area contributed by atoms with Gasteiger partial charge < -0.3 is 5.73 Å². The molecule has 0 fully saturated rings. The van der Waals surface area contributed by atoms with Crippen molar-refractivity contribution in [3.8, 4) is 0 Å². The summed E-state index contributed by atoms with van der Waals surface area (Å²) in [4.78, 5) is 0. The van der Waals surface area contributed by atoms with Gasteiger partial charge in [0.25, 0.3) is 0 Å². The van der Waals surface area contributed by atoms with Gasteiger partial charge in [-0.15, -0.1) is 0 Å². The highest BCUT2D eigenvalue weighted by atomic mass is 14.6. The van der Waals surface area contributed by atoms with E-state index in [0.717, 1.165) is 5.69 Å². The predicted molar refractivity (Wildman–Crippen MR) is 76.4 cm³/mol. The van der Waals surface area contributed by atoms with E-state index in [9.17, 15) is 0 Å². The number of hydrogen-bond acceptors (Lipinski definition) is 1. The van der Waals surface area contributed by atoms with Gasteiger partial charge in [0.2, 0.25) is 0 Å². The summed E-state index contributed by atoms with van der Waals surface area (Å²) < 4.78 is 0. The number of benzene rings is 2. The number of anilines is 1. The molecule has 90 valence electrons. The predicted octanol–water partition coefficient (Wildman–Crippen LogP) is 4.63. The van der Waals surface area contributed by atoms with Crippen LogP contribution in [0.1, 0.15) is 43.7 Å². The Morgan fingerprint density at radius 3 is 2.24 bits per heavy atom. The Hall–Kier alpha value is -1.50. The zero-order valence-corrected chi connectivity index (χ0v) is 11.0. The van der Waals surface area contributed by atoms with Gasteiger partial charge in [-0.05, 0) is 48.3 Å². The lowest BCUT2D eigenvalue weighted by molar-refractivity contribution is 0.643. The molecule has 2 aromatic rings. The first-order valence-electron chi connectivity index (χ1n) is 6.46. The van der Waals surface area contributed by atoms with Crippen molar-refractivity contribution < 1.29 is 0 Å². The lowest BCUT2D eigenvalue weighted by Crippen LogP contribution is -2.02. The minimum absolute atomic E-state index is 0.639. The number of rotatable bonds is 3. The van der Waals surface area contributed by atoms with E-state index in [2.05, 4.69) is 51.1 Å². The van der Waals surface area contributed by atoms with Crippen molar-refractivity contribution in [2.75, 3.05) is 5.73 Å². The molecule has 0 unspecified atom stereocenters. The molecule has 2 aromatic carbocycles. The van der Waals surface area contributed by atoms with Gasteiger partial charge in [-0.1, -0.05) is 38.1 Å². The molecule has 0 saturated carbocycles. The molecule has 0 radical (unpaired) electrons. The van der Waals surface area contributed by atoms with Crippen molar-refractivity contribution in [3.05, 3.63) is 41.5 Å². The van der Waals surface area contributed by atoms with Crippen LogP contribution in [-0.4, -0.2) is 0 Å². The third-order valence-electron chi connectivity index (χ3n) is 3.72. The largest absolute Gasteiger partial charge is 0.398 e. The zero-order valence-electron chi connectivity index (χ0n) is 11.0. The molecule has 17 heavy (non-hydrogen) atoms. The van der Waals surface area contributed by atoms with Crippen LogP contribution in [-0.2, 0) is 0 Å². The Labute approximate surface area is 104 Å². The Morgan fingerprint density at radius 2 is 1.65 bits per heavy atom. The van der Waals surface area contributed by atoms with Crippen molar-refractivity contribution in [2.24, 2.45) is 0 Å². The van der Waals surface area contributed by atoms with E-state index in [4.69, 9.17) is 5.73 Å². The number of aryl methyl sites for hydroxylation is 1. The van der Waals surface area contributed by atoms with Crippen molar-refractivity contribution in [3.63, 3.8) is 0 Å². The number of fused-ring (bicyclic) bond motifs is 1. The number of nitrogens with two attached hydrogens (primary N) is 1. The Kier molecular flexibility index (Phi) is 3.37. The van der Waals surface area contributed by atoms with Crippen molar-refractivity contribution in [2.45, 2.75) is 39.5 Å². The molecular formula is C16H21N. The summed E-state index contributed by atoms with van der Waals surface area (Å²) in [6.45, 7) is 6.70. The second-order valence-corrected chi connectivity index (χ2v) is 4.76. The highest BCUT2D eigenvalue weighted by molar-refractivity contribution is 5.96. The maximum Gasteiger partial charge on any atom is 0.0396 e. The second kappa shape index (κ2) is 4.79. The summed E-state index contributed by atoms with van der Waals surface area (Å²) in [5.41, 5.74) is 9.82. The maximum absolute atomic E-state index is 6.11. The standard InChI is InChI=1S/C16H21N/c1-4-12(5-2)16-11(3)10-15(17)13-8-6-7-9-14(13)16/h6-10,12H,4-5,17H2,1-3H3. The quantitative estimate of drug-likeness (QED) is 0.760. The van der Waals surface area contributed by atoms with Gasteiger partial charge in [0.15, 0.2) is 0 Å². The lowest BCUT2D eigenvalue weighted by atomic mass is 9.86. The molecule has 0 spiro atoms. The van der Waals surface area contributed by atoms with Crippen LogP contribution in [0, 0.1) is 6.92 Å².